The second kappa shape index (κ2) is 10.2. The topological polar surface area (TPSA) is 102 Å². The summed E-state index contributed by atoms with van der Waals surface area (Å²) in [5.41, 5.74) is 0.557. The Morgan fingerprint density at radius 2 is 1.98 bits per heavy atom. The van der Waals surface area contributed by atoms with Gasteiger partial charge in [0, 0.05) is 38.2 Å². The first-order valence-corrected chi connectivity index (χ1v) is 14.6. The molecule has 6 heterocycles. The number of nitrogens with zero attached hydrogens (tertiary/aromatic N) is 5. The van der Waals surface area contributed by atoms with Crippen LogP contribution in [0.15, 0.2) is 6.07 Å². The van der Waals surface area contributed by atoms with E-state index in [1.165, 1.54) is 0 Å². The minimum atomic E-state index is -5.06. The van der Waals surface area contributed by atoms with Crippen molar-refractivity contribution in [3.05, 3.63) is 28.8 Å². The number of benzene rings is 1. The smallest absolute Gasteiger partial charge is 0.417 e. The fourth-order valence-corrected chi connectivity index (χ4v) is 7.32. The number of halogens is 6. The van der Waals surface area contributed by atoms with Gasteiger partial charge in [-0.1, -0.05) is 0 Å². The van der Waals surface area contributed by atoms with Gasteiger partial charge in [-0.25, -0.2) is 18.2 Å². The van der Waals surface area contributed by atoms with Crippen molar-refractivity contribution in [1.29, 1.82) is 0 Å². The Bertz CT molecular complexity index is 1660. The molecule has 0 amide bonds. The summed E-state index contributed by atoms with van der Waals surface area (Å²) in [5.74, 6) is -2.33. The summed E-state index contributed by atoms with van der Waals surface area (Å²) in [6, 6.07) is 0.245. The molecule has 236 valence electrons. The fraction of sp³-hybridized carbons (Fsp3) is 0.552. The van der Waals surface area contributed by atoms with Crippen molar-refractivity contribution in [2.24, 2.45) is 0 Å². The summed E-state index contributed by atoms with van der Waals surface area (Å²) in [7, 11) is 0. The van der Waals surface area contributed by atoms with Crippen molar-refractivity contribution in [3.8, 4) is 23.1 Å². The highest BCUT2D eigenvalue weighted by Crippen LogP contribution is 2.46. The lowest BCUT2D eigenvalue weighted by Crippen LogP contribution is -2.56. The van der Waals surface area contributed by atoms with Gasteiger partial charge in [0.1, 0.15) is 47.1 Å². The quantitative estimate of drug-likeness (QED) is 0.324. The van der Waals surface area contributed by atoms with Crippen LogP contribution >= 0.6 is 0 Å². The molecule has 0 aliphatic carbocycles. The van der Waals surface area contributed by atoms with Gasteiger partial charge in [0.2, 0.25) is 5.88 Å². The number of ether oxygens (including phenoxy) is 2. The number of hydrogen-bond acceptors (Lipinski definition) is 9. The predicted octanol–water partition coefficient (Wildman–Crippen LogP) is 4.39. The SMILES string of the molecule is Cc1c(F)c(N)cc(-c2nc3c4c(nc(OCC56CCCN5C[C@H](F)C6)nc4c2F)N2CCNC[C@H]2[C@@H](C)O3)c1C(F)(F)F. The molecule has 1 aromatic carbocycles. The number of nitrogen functional groups attached to an aromatic ring is 1. The van der Waals surface area contributed by atoms with Crippen LogP contribution in [0.5, 0.6) is 11.9 Å². The van der Waals surface area contributed by atoms with Crippen LogP contribution in [0.1, 0.15) is 37.3 Å². The monoisotopic (exact) mass is 623 g/mol. The first-order valence-electron chi connectivity index (χ1n) is 14.6. The standard InChI is InChI=1S/C29H31F6N7O2/c1-13-20(29(33,34)35)16(8-17(36)21(13)31)23-22(32)24-19-25(42-7-5-37-10-18(42)14(2)44-26(19)38-23)40-27(39-24)43-12-28-4-3-6-41(28)11-15(30)9-28/h8,14-15,18,37H,3-7,9-12,36H2,1-2H3/t14-,15-,18+,28?/m1/s1. The second-order valence-electron chi connectivity index (χ2n) is 12.1. The maximum atomic E-state index is 16.6. The van der Waals surface area contributed by atoms with Crippen LogP contribution in [0.2, 0.25) is 0 Å². The maximum absolute atomic E-state index is 16.6. The van der Waals surface area contributed by atoms with Gasteiger partial charge in [0.15, 0.2) is 5.82 Å². The summed E-state index contributed by atoms with van der Waals surface area (Å²) in [4.78, 5) is 17.2. The normalized spacial score (nSPS) is 26.8. The molecule has 4 aliphatic rings. The number of aromatic nitrogens is 3. The molecule has 0 saturated carbocycles. The van der Waals surface area contributed by atoms with E-state index in [4.69, 9.17) is 15.2 Å². The van der Waals surface area contributed by atoms with Crippen LogP contribution in [0.3, 0.4) is 0 Å². The maximum Gasteiger partial charge on any atom is 0.417 e. The number of nitrogens with two attached hydrogens (primary N) is 1. The minimum Gasteiger partial charge on any atom is -0.472 e. The Morgan fingerprint density at radius 1 is 1.18 bits per heavy atom. The van der Waals surface area contributed by atoms with Crippen molar-refractivity contribution in [3.63, 3.8) is 0 Å². The molecule has 3 fully saturated rings. The average molecular weight is 624 g/mol. The Hall–Kier alpha value is -3.59. The van der Waals surface area contributed by atoms with E-state index in [0.717, 1.165) is 32.4 Å². The molecular weight excluding hydrogens is 592 g/mol. The lowest BCUT2D eigenvalue weighted by Gasteiger charge is -2.38. The molecule has 15 heteroatoms. The zero-order chi connectivity index (χ0) is 31.1. The Balaban J connectivity index is 1.43. The van der Waals surface area contributed by atoms with Crippen LogP contribution in [0.4, 0.5) is 37.8 Å². The molecule has 9 nitrogen and oxygen atoms in total. The molecule has 4 atom stereocenters. The van der Waals surface area contributed by atoms with Crippen molar-refractivity contribution in [2.45, 2.75) is 63.1 Å². The molecule has 4 aliphatic heterocycles. The van der Waals surface area contributed by atoms with Crippen molar-refractivity contribution in [2.75, 3.05) is 50.0 Å². The largest absolute Gasteiger partial charge is 0.472 e. The molecule has 0 bridgehead atoms. The number of hydrogen-bond donors (Lipinski definition) is 2. The third-order valence-electron chi connectivity index (χ3n) is 9.40. The van der Waals surface area contributed by atoms with Gasteiger partial charge in [-0.05, 0) is 44.9 Å². The van der Waals surface area contributed by atoms with E-state index in [1.54, 1.807) is 6.92 Å². The van der Waals surface area contributed by atoms with E-state index < -0.39 is 63.7 Å². The zero-order valence-electron chi connectivity index (χ0n) is 24.1. The van der Waals surface area contributed by atoms with Crippen LogP contribution in [0.25, 0.3) is 22.2 Å². The Kier molecular flexibility index (Phi) is 6.77. The number of nitrogens with one attached hydrogen (secondary N) is 1. The lowest BCUT2D eigenvalue weighted by molar-refractivity contribution is -0.137. The fourth-order valence-electron chi connectivity index (χ4n) is 7.32. The Morgan fingerprint density at radius 3 is 2.75 bits per heavy atom. The van der Waals surface area contributed by atoms with Crippen LogP contribution in [-0.2, 0) is 6.18 Å². The molecule has 3 aromatic rings. The molecule has 7 rings (SSSR count). The molecule has 0 spiro atoms. The van der Waals surface area contributed by atoms with E-state index in [9.17, 15) is 22.0 Å². The van der Waals surface area contributed by atoms with Gasteiger partial charge in [-0.15, -0.1) is 0 Å². The van der Waals surface area contributed by atoms with Crippen LogP contribution in [0, 0.1) is 18.6 Å². The van der Waals surface area contributed by atoms with Gasteiger partial charge < -0.3 is 25.4 Å². The molecule has 3 N–H and O–H groups in total. The van der Waals surface area contributed by atoms with Gasteiger partial charge in [-0.2, -0.15) is 23.1 Å². The first kappa shape index (κ1) is 29.1. The molecule has 44 heavy (non-hydrogen) atoms. The molecule has 3 saturated heterocycles. The molecule has 0 radical (unpaired) electrons. The van der Waals surface area contributed by atoms with Crippen molar-refractivity contribution >= 4 is 22.4 Å². The summed E-state index contributed by atoms with van der Waals surface area (Å²) < 4.78 is 101. The summed E-state index contributed by atoms with van der Waals surface area (Å²) in [5, 5.41) is 3.37. The van der Waals surface area contributed by atoms with Crippen molar-refractivity contribution < 1.29 is 35.8 Å². The van der Waals surface area contributed by atoms with Gasteiger partial charge >= 0.3 is 12.2 Å². The highest BCUT2D eigenvalue weighted by molar-refractivity contribution is 5.97. The number of piperazine rings is 1. The van der Waals surface area contributed by atoms with Crippen LogP contribution < -0.4 is 25.4 Å². The van der Waals surface area contributed by atoms with Gasteiger partial charge in [0.25, 0.3) is 0 Å². The van der Waals surface area contributed by atoms with Crippen molar-refractivity contribution in [1.82, 2.24) is 25.2 Å². The highest BCUT2D eigenvalue weighted by atomic mass is 19.4. The molecular formula is C29H31F6N7O2. The zero-order valence-corrected chi connectivity index (χ0v) is 24.1. The lowest BCUT2D eigenvalue weighted by atomic mass is 9.95. The number of alkyl halides is 4. The van der Waals surface area contributed by atoms with E-state index >= 15 is 4.39 Å². The summed E-state index contributed by atoms with van der Waals surface area (Å²) in [6.45, 7) is 5.37. The molecule has 2 aromatic heterocycles. The van der Waals surface area contributed by atoms with E-state index in [2.05, 4.69) is 25.2 Å². The van der Waals surface area contributed by atoms with E-state index in [0.29, 0.717) is 26.2 Å². The van der Waals surface area contributed by atoms with Gasteiger partial charge in [0.05, 0.1) is 22.8 Å². The third-order valence-corrected chi connectivity index (χ3v) is 9.40. The van der Waals surface area contributed by atoms with Gasteiger partial charge in [-0.3, -0.25) is 4.90 Å². The van der Waals surface area contributed by atoms with Crippen LogP contribution in [-0.4, -0.2) is 83.0 Å². The number of anilines is 2. The second-order valence-corrected chi connectivity index (χ2v) is 12.1. The first-order chi connectivity index (χ1) is 20.9. The average Bonchev–Trinajstić information content (AvgIpc) is 3.46. The van der Waals surface area contributed by atoms with E-state index in [-0.39, 0.29) is 47.7 Å². The number of rotatable bonds is 4. The Labute approximate surface area is 248 Å². The summed E-state index contributed by atoms with van der Waals surface area (Å²) in [6.07, 6.45) is -4.70. The third kappa shape index (κ3) is 4.49. The predicted molar refractivity (Wildman–Crippen MR) is 149 cm³/mol. The summed E-state index contributed by atoms with van der Waals surface area (Å²) >= 11 is 0. The number of pyridine rings is 1. The highest BCUT2D eigenvalue weighted by Gasteiger charge is 2.49. The van der Waals surface area contributed by atoms with E-state index in [1.807, 2.05) is 4.90 Å². The minimum absolute atomic E-state index is 0.0641. The molecule has 1 unspecified atom stereocenters. The number of fused-ring (bicyclic) bond motifs is 3.